The molecule has 1 aliphatic carbocycles. The van der Waals surface area contributed by atoms with Gasteiger partial charge in [0.05, 0.1) is 0 Å². The lowest BCUT2D eigenvalue weighted by Crippen LogP contribution is -2.31. The van der Waals surface area contributed by atoms with Crippen molar-refractivity contribution in [1.29, 1.82) is 0 Å². The quantitative estimate of drug-likeness (QED) is 0.597. The molecule has 0 radical (unpaired) electrons. The van der Waals surface area contributed by atoms with Crippen LogP contribution < -0.4 is 5.32 Å². The third-order valence-corrected chi connectivity index (χ3v) is 1.89. The number of carbonyl (C=O) groups excluding carboxylic acids is 1. The first-order chi connectivity index (χ1) is 5.22. The second-order valence-corrected chi connectivity index (χ2v) is 3.20. The molecule has 1 fully saturated rings. The van der Waals surface area contributed by atoms with Crippen LogP contribution in [0.4, 0.5) is 0 Å². The summed E-state index contributed by atoms with van der Waals surface area (Å²) in [4.78, 5) is 10.7. The Bertz CT molecular complexity index is 188. The molecule has 0 bridgehead atoms. The molecule has 0 aromatic heterocycles. The van der Waals surface area contributed by atoms with E-state index in [0.29, 0.717) is 0 Å². The van der Waals surface area contributed by atoms with Crippen LogP contribution >= 0.6 is 0 Å². The highest BCUT2D eigenvalue weighted by molar-refractivity contribution is 5.92. The molecule has 0 aromatic rings. The van der Waals surface area contributed by atoms with E-state index < -0.39 is 0 Å². The number of amides is 1. The zero-order valence-corrected chi connectivity index (χ0v) is 6.76. The summed E-state index contributed by atoms with van der Waals surface area (Å²) in [6.07, 6.45) is 8.61. The van der Waals surface area contributed by atoms with Crippen molar-refractivity contribution in [1.82, 2.24) is 5.32 Å². The molecular formula is C9H13NO. The Morgan fingerprint density at radius 3 is 2.91 bits per heavy atom. The first-order valence-corrected chi connectivity index (χ1v) is 3.99. The van der Waals surface area contributed by atoms with Gasteiger partial charge in [0.15, 0.2) is 0 Å². The minimum atomic E-state index is -0.293. The largest absolute Gasteiger partial charge is 0.343 e. The van der Waals surface area contributed by atoms with E-state index >= 15 is 0 Å². The summed E-state index contributed by atoms with van der Waals surface area (Å²) in [6, 6.07) is 0.242. The van der Waals surface area contributed by atoms with Gasteiger partial charge < -0.3 is 5.32 Å². The van der Waals surface area contributed by atoms with Crippen molar-refractivity contribution in [3.8, 4) is 12.3 Å². The zero-order valence-electron chi connectivity index (χ0n) is 6.76. The molecule has 0 heterocycles. The molecule has 2 heteroatoms. The fraction of sp³-hybridized carbons (Fsp3) is 0.667. The Hall–Kier alpha value is -0.970. The predicted molar refractivity (Wildman–Crippen MR) is 43.8 cm³/mol. The van der Waals surface area contributed by atoms with E-state index in [0.717, 1.165) is 12.3 Å². The Labute approximate surface area is 67.4 Å². The van der Waals surface area contributed by atoms with Crippen molar-refractivity contribution < 1.29 is 4.79 Å². The number of terminal acetylenes is 1. The minimum Gasteiger partial charge on any atom is -0.343 e. The van der Waals surface area contributed by atoms with Gasteiger partial charge in [0.1, 0.15) is 0 Å². The highest BCUT2D eigenvalue weighted by Gasteiger charge is 2.23. The number of hydrogen-bond donors (Lipinski definition) is 1. The van der Waals surface area contributed by atoms with Crippen LogP contribution in [0.3, 0.4) is 0 Å². The first kappa shape index (κ1) is 8.13. The summed E-state index contributed by atoms with van der Waals surface area (Å²) in [6.45, 7) is 1.99. The summed E-state index contributed by atoms with van der Waals surface area (Å²) in [5, 5.41) is 2.73. The number of carbonyl (C=O) groups is 1. The Morgan fingerprint density at radius 2 is 2.45 bits per heavy atom. The lowest BCUT2D eigenvalue weighted by atomic mass is 10.1. The van der Waals surface area contributed by atoms with Crippen molar-refractivity contribution in [2.24, 2.45) is 5.92 Å². The van der Waals surface area contributed by atoms with Gasteiger partial charge in [-0.25, -0.2) is 0 Å². The molecule has 0 aliphatic heterocycles. The van der Waals surface area contributed by atoms with Crippen LogP contribution in [0.2, 0.25) is 0 Å². The molecule has 1 atom stereocenters. The van der Waals surface area contributed by atoms with Gasteiger partial charge in [-0.1, -0.05) is 12.8 Å². The van der Waals surface area contributed by atoms with E-state index in [1.165, 1.54) is 12.8 Å². The van der Waals surface area contributed by atoms with Gasteiger partial charge in [0.2, 0.25) is 0 Å². The normalized spacial score (nSPS) is 18.5. The van der Waals surface area contributed by atoms with Gasteiger partial charge in [0, 0.05) is 6.04 Å². The molecule has 60 valence electrons. The molecule has 0 spiro atoms. The molecule has 0 aromatic carbocycles. The van der Waals surface area contributed by atoms with Crippen LogP contribution in [0.5, 0.6) is 0 Å². The molecule has 1 aliphatic rings. The van der Waals surface area contributed by atoms with E-state index in [1.54, 1.807) is 0 Å². The first-order valence-electron chi connectivity index (χ1n) is 3.99. The van der Waals surface area contributed by atoms with Crippen molar-refractivity contribution in [3.63, 3.8) is 0 Å². The third kappa shape index (κ3) is 3.08. The summed E-state index contributed by atoms with van der Waals surface area (Å²) in [5.74, 6) is 2.58. The Morgan fingerprint density at radius 1 is 1.82 bits per heavy atom. The fourth-order valence-corrected chi connectivity index (χ4v) is 1.18. The van der Waals surface area contributed by atoms with E-state index in [-0.39, 0.29) is 11.9 Å². The van der Waals surface area contributed by atoms with Gasteiger partial charge in [-0.05, 0) is 25.2 Å². The average molecular weight is 151 g/mol. The lowest BCUT2D eigenvalue weighted by molar-refractivity contribution is -0.116. The molecular weight excluding hydrogens is 138 g/mol. The maximum absolute atomic E-state index is 10.7. The van der Waals surface area contributed by atoms with Crippen LogP contribution in [0.1, 0.15) is 26.2 Å². The molecule has 1 N–H and O–H groups in total. The van der Waals surface area contributed by atoms with Crippen LogP contribution in [0.25, 0.3) is 0 Å². The van der Waals surface area contributed by atoms with Crippen LogP contribution in [0, 0.1) is 18.3 Å². The van der Waals surface area contributed by atoms with Gasteiger partial charge in [-0.2, -0.15) is 0 Å². The average Bonchev–Trinajstić information content (AvgIpc) is 2.71. The van der Waals surface area contributed by atoms with E-state index in [1.807, 2.05) is 12.8 Å². The molecule has 1 rings (SSSR count). The maximum Gasteiger partial charge on any atom is 0.295 e. The van der Waals surface area contributed by atoms with Crippen molar-refractivity contribution in [2.75, 3.05) is 0 Å². The summed E-state index contributed by atoms with van der Waals surface area (Å²) in [7, 11) is 0. The summed E-state index contributed by atoms with van der Waals surface area (Å²) < 4.78 is 0. The Kier molecular flexibility index (Phi) is 2.53. The van der Waals surface area contributed by atoms with Crippen molar-refractivity contribution in [2.45, 2.75) is 32.2 Å². The second kappa shape index (κ2) is 3.43. The number of hydrogen-bond acceptors (Lipinski definition) is 1. The highest BCUT2D eigenvalue weighted by atomic mass is 16.1. The van der Waals surface area contributed by atoms with Gasteiger partial charge >= 0.3 is 0 Å². The lowest BCUT2D eigenvalue weighted by Gasteiger charge is -2.09. The van der Waals surface area contributed by atoms with Gasteiger partial charge in [0.25, 0.3) is 5.91 Å². The van der Waals surface area contributed by atoms with E-state index in [4.69, 9.17) is 6.42 Å². The SMILES string of the molecule is C#CC(=O)NC(C)CC1CC1. The van der Waals surface area contributed by atoms with Crippen LogP contribution in [0.15, 0.2) is 0 Å². The molecule has 1 unspecified atom stereocenters. The monoisotopic (exact) mass is 151 g/mol. The van der Waals surface area contributed by atoms with E-state index in [9.17, 15) is 4.79 Å². The molecule has 1 amide bonds. The number of nitrogens with one attached hydrogen (secondary N) is 1. The zero-order chi connectivity index (χ0) is 8.27. The minimum absolute atomic E-state index is 0.242. The van der Waals surface area contributed by atoms with Gasteiger partial charge in [-0.15, -0.1) is 6.42 Å². The summed E-state index contributed by atoms with van der Waals surface area (Å²) >= 11 is 0. The highest BCUT2D eigenvalue weighted by Crippen LogP contribution is 2.33. The van der Waals surface area contributed by atoms with E-state index in [2.05, 4.69) is 5.32 Å². The van der Waals surface area contributed by atoms with Gasteiger partial charge in [-0.3, -0.25) is 4.79 Å². The van der Waals surface area contributed by atoms with Crippen LogP contribution in [-0.2, 0) is 4.79 Å². The van der Waals surface area contributed by atoms with Crippen LogP contribution in [-0.4, -0.2) is 11.9 Å². The second-order valence-electron chi connectivity index (χ2n) is 3.20. The maximum atomic E-state index is 10.7. The topological polar surface area (TPSA) is 29.1 Å². The Balaban J connectivity index is 2.14. The standard InChI is InChI=1S/C9H13NO/c1-3-9(11)10-7(2)6-8-4-5-8/h1,7-8H,4-6H2,2H3,(H,10,11). The molecule has 11 heavy (non-hydrogen) atoms. The fourth-order valence-electron chi connectivity index (χ4n) is 1.18. The predicted octanol–water partition coefficient (Wildman–Crippen LogP) is 0.924. The molecule has 0 saturated heterocycles. The summed E-state index contributed by atoms with van der Waals surface area (Å²) in [5.41, 5.74) is 0. The van der Waals surface area contributed by atoms with Crippen molar-refractivity contribution >= 4 is 5.91 Å². The third-order valence-electron chi connectivity index (χ3n) is 1.89. The smallest absolute Gasteiger partial charge is 0.295 e. The molecule has 1 saturated carbocycles. The molecule has 2 nitrogen and oxygen atoms in total. The van der Waals surface area contributed by atoms with Crippen molar-refractivity contribution in [3.05, 3.63) is 0 Å². The number of rotatable bonds is 3.